The molecule has 0 saturated heterocycles. The van der Waals surface area contributed by atoms with E-state index in [1.165, 1.54) is 0 Å². The van der Waals surface area contributed by atoms with Crippen molar-refractivity contribution in [3.05, 3.63) is 0 Å². The third kappa shape index (κ3) is 3.60. The number of rotatable bonds is 3. The smallest absolute Gasteiger partial charge is 0.304 e. The summed E-state index contributed by atoms with van der Waals surface area (Å²) in [4.78, 5) is 0. The maximum atomic E-state index is 13.3. The average Bonchev–Trinajstić information content (AvgIpc) is 2.34. The highest BCUT2D eigenvalue weighted by atomic mass is 19.4. The normalized spacial score (nSPS) is 30.0. The standard InChI is InChI=1S/C13H24F3N/c1-4-10-17-12(13(14,15)16)7-5-6-11(2,3)8-9-12/h17H,4-10H2,1-3H3. The lowest BCUT2D eigenvalue weighted by atomic mass is 9.83. The molecule has 4 heteroatoms. The number of halogens is 3. The first-order chi connectivity index (χ1) is 7.72. The van der Waals surface area contributed by atoms with Crippen molar-refractivity contribution in [1.82, 2.24) is 5.32 Å². The molecule has 0 aromatic rings. The van der Waals surface area contributed by atoms with Gasteiger partial charge in [0.2, 0.25) is 0 Å². The first-order valence-electron chi connectivity index (χ1n) is 6.54. The van der Waals surface area contributed by atoms with E-state index in [1.54, 1.807) is 0 Å². The van der Waals surface area contributed by atoms with Gasteiger partial charge >= 0.3 is 6.18 Å². The number of hydrogen-bond acceptors (Lipinski definition) is 1. The van der Waals surface area contributed by atoms with Crippen molar-refractivity contribution in [2.45, 2.75) is 71.0 Å². The maximum Gasteiger partial charge on any atom is 0.406 e. The molecular weight excluding hydrogens is 227 g/mol. The molecule has 17 heavy (non-hydrogen) atoms. The Morgan fingerprint density at radius 2 is 1.71 bits per heavy atom. The summed E-state index contributed by atoms with van der Waals surface area (Å²) in [7, 11) is 0. The Bertz CT molecular complexity index is 248. The molecule has 1 atom stereocenters. The van der Waals surface area contributed by atoms with Crippen molar-refractivity contribution < 1.29 is 13.2 Å². The van der Waals surface area contributed by atoms with Gasteiger partial charge in [-0.25, -0.2) is 0 Å². The number of alkyl halides is 3. The molecule has 1 nitrogen and oxygen atoms in total. The largest absolute Gasteiger partial charge is 0.406 e. The molecule has 1 unspecified atom stereocenters. The molecule has 0 aliphatic heterocycles. The van der Waals surface area contributed by atoms with E-state index in [-0.39, 0.29) is 18.3 Å². The van der Waals surface area contributed by atoms with Crippen LogP contribution in [-0.4, -0.2) is 18.3 Å². The molecule has 1 fully saturated rings. The van der Waals surface area contributed by atoms with Crippen LogP contribution in [0.15, 0.2) is 0 Å². The van der Waals surface area contributed by atoms with Crippen molar-refractivity contribution in [2.75, 3.05) is 6.54 Å². The third-order valence-corrected chi connectivity index (χ3v) is 3.94. The van der Waals surface area contributed by atoms with Crippen molar-refractivity contribution in [3.63, 3.8) is 0 Å². The predicted molar refractivity (Wildman–Crippen MR) is 63.9 cm³/mol. The maximum absolute atomic E-state index is 13.3. The fourth-order valence-corrected chi connectivity index (χ4v) is 2.60. The van der Waals surface area contributed by atoms with Gasteiger partial charge in [-0.15, -0.1) is 0 Å². The van der Waals surface area contributed by atoms with Crippen LogP contribution < -0.4 is 5.32 Å². The van der Waals surface area contributed by atoms with E-state index in [2.05, 4.69) is 19.2 Å². The fourth-order valence-electron chi connectivity index (χ4n) is 2.60. The van der Waals surface area contributed by atoms with Gasteiger partial charge in [0.05, 0.1) is 0 Å². The van der Waals surface area contributed by atoms with Gasteiger partial charge < -0.3 is 5.32 Å². The molecule has 0 radical (unpaired) electrons. The van der Waals surface area contributed by atoms with Gasteiger partial charge in [0, 0.05) is 0 Å². The Balaban J connectivity index is 2.84. The monoisotopic (exact) mass is 251 g/mol. The minimum atomic E-state index is -4.14. The highest BCUT2D eigenvalue weighted by Crippen LogP contribution is 2.45. The van der Waals surface area contributed by atoms with Gasteiger partial charge in [0.15, 0.2) is 0 Å². The van der Waals surface area contributed by atoms with E-state index in [4.69, 9.17) is 0 Å². The van der Waals surface area contributed by atoms with Gasteiger partial charge in [0.1, 0.15) is 5.54 Å². The Morgan fingerprint density at radius 1 is 1.06 bits per heavy atom. The predicted octanol–water partition coefficient (Wildman–Crippen LogP) is 4.28. The van der Waals surface area contributed by atoms with Crippen molar-refractivity contribution in [2.24, 2.45) is 5.41 Å². The van der Waals surface area contributed by atoms with Crippen molar-refractivity contribution in [3.8, 4) is 0 Å². The molecule has 102 valence electrons. The SMILES string of the molecule is CCCNC1(C(F)(F)F)CCCC(C)(C)CC1. The van der Waals surface area contributed by atoms with Crippen LogP contribution in [0.1, 0.15) is 59.3 Å². The minimum Gasteiger partial charge on any atom is -0.304 e. The molecule has 0 aromatic heterocycles. The van der Waals surface area contributed by atoms with E-state index >= 15 is 0 Å². The lowest BCUT2D eigenvalue weighted by molar-refractivity contribution is -0.201. The summed E-state index contributed by atoms with van der Waals surface area (Å²) >= 11 is 0. The van der Waals surface area contributed by atoms with Crippen LogP contribution in [0.25, 0.3) is 0 Å². The molecule has 1 aliphatic rings. The molecule has 0 heterocycles. The second-order valence-corrected chi connectivity index (χ2v) is 6.02. The quantitative estimate of drug-likeness (QED) is 0.738. The van der Waals surface area contributed by atoms with E-state index in [1.807, 2.05) is 6.92 Å². The third-order valence-electron chi connectivity index (χ3n) is 3.94. The summed E-state index contributed by atoms with van der Waals surface area (Å²) in [5.41, 5.74) is -1.60. The van der Waals surface area contributed by atoms with Crippen LogP contribution >= 0.6 is 0 Å². The van der Waals surface area contributed by atoms with Gasteiger partial charge in [0.25, 0.3) is 0 Å². The highest BCUT2D eigenvalue weighted by Gasteiger charge is 2.54. The first-order valence-corrected chi connectivity index (χ1v) is 6.54. The molecule has 0 aromatic carbocycles. The summed E-state index contributed by atoms with van der Waals surface area (Å²) in [5, 5.41) is 2.78. The Morgan fingerprint density at radius 3 is 2.24 bits per heavy atom. The van der Waals surface area contributed by atoms with Crippen LogP contribution in [0.3, 0.4) is 0 Å². The van der Waals surface area contributed by atoms with Crippen LogP contribution in [-0.2, 0) is 0 Å². The fraction of sp³-hybridized carbons (Fsp3) is 1.00. The van der Waals surface area contributed by atoms with Crippen LogP contribution in [0.5, 0.6) is 0 Å². The molecule has 1 aliphatic carbocycles. The zero-order chi connectivity index (χ0) is 13.2. The number of nitrogens with one attached hydrogen (secondary N) is 1. The lowest BCUT2D eigenvalue weighted by Crippen LogP contribution is -2.56. The van der Waals surface area contributed by atoms with Gasteiger partial charge in [-0.1, -0.05) is 27.2 Å². The van der Waals surface area contributed by atoms with E-state index in [9.17, 15) is 13.2 Å². The second-order valence-electron chi connectivity index (χ2n) is 6.02. The van der Waals surface area contributed by atoms with E-state index < -0.39 is 11.7 Å². The van der Waals surface area contributed by atoms with Gasteiger partial charge in [-0.05, 0) is 44.1 Å². The summed E-state index contributed by atoms with van der Waals surface area (Å²) in [6, 6.07) is 0. The molecule has 1 rings (SSSR count). The summed E-state index contributed by atoms with van der Waals surface area (Å²) in [5.74, 6) is 0. The highest BCUT2D eigenvalue weighted by molar-refractivity contribution is 4.98. The van der Waals surface area contributed by atoms with Crippen LogP contribution in [0, 0.1) is 5.41 Å². The first kappa shape index (κ1) is 14.8. The summed E-state index contributed by atoms with van der Waals surface area (Å²) < 4.78 is 39.9. The number of hydrogen-bond donors (Lipinski definition) is 1. The Kier molecular flexibility index (Phi) is 4.50. The van der Waals surface area contributed by atoms with Gasteiger partial charge in [-0.2, -0.15) is 13.2 Å². The van der Waals surface area contributed by atoms with Crippen molar-refractivity contribution >= 4 is 0 Å². The van der Waals surface area contributed by atoms with Gasteiger partial charge in [-0.3, -0.25) is 0 Å². The van der Waals surface area contributed by atoms with Crippen molar-refractivity contribution in [1.29, 1.82) is 0 Å². The Labute approximate surface area is 102 Å². The average molecular weight is 251 g/mol. The second kappa shape index (κ2) is 5.17. The molecule has 0 spiro atoms. The zero-order valence-electron chi connectivity index (χ0n) is 11.1. The van der Waals surface area contributed by atoms with Crippen LogP contribution in [0.2, 0.25) is 0 Å². The summed E-state index contributed by atoms with van der Waals surface area (Å²) in [6.45, 7) is 6.48. The molecule has 1 saturated carbocycles. The Hall–Kier alpha value is -0.250. The minimum absolute atomic E-state index is 0.0426. The molecule has 0 amide bonds. The van der Waals surface area contributed by atoms with E-state index in [0.717, 1.165) is 12.8 Å². The zero-order valence-corrected chi connectivity index (χ0v) is 11.1. The topological polar surface area (TPSA) is 12.0 Å². The molecular formula is C13H24F3N. The molecule has 0 bridgehead atoms. The summed E-state index contributed by atoms with van der Waals surface area (Å²) in [6.07, 6.45) is -0.779. The molecule has 1 N–H and O–H groups in total. The van der Waals surface area contributed by atoms with E-state index in [0.29, 0.717) is 19.4 Å². The lowest BCUT2D eigenvalue weighted by Gasteiger charge is -2.36. The van der Waals surface area contributed by atoms with Crippen LogP contribution in [0.4, 0.5) is 13.2 Å².